The van der Waals surface area contributed by atoms with Crippen molar-refractivity contribution in [1.82, 2.24) is 10.2 Å². The Labute approximate surface area is 134 Å². The van der Waals surface area contributed by atoms with Gasteiger partial charge >= 0.3 is 0 Å². The third kappa shape index (κ3) is 2.77. The van der Waals surface area contributed by atoms with E-state index in [1.165, 1.54) is 23.3 Å². The standard InChI is InChI=1S/C14H17ClN3S2/c1-8-7-10-12(17-14(19)16-10)11(15)13(8)20-9-3-5-18(2)6-4-9/h7,9H,3-6H2,1-2H3,(H,17,19). The zero-order valence-corrected chi connectivity index (χ0v) is 14.0. The number of thioether (sulfide) groups is 1. The van der Waals surface area contributed by atoms with Crippen molar-refractivity contribution in [1.29, 1.82) is 0 Å². The fourth-order valence-corrected chi connectivity index (χ4v) is 4.46. The highest BCUT2D eigenvalue weighted by Gasteiger charge is 2.25. The summed E-state index contributed by atoms with van der Waals surface area (Å²) in [6, 6.07) is 2.07. The smallest absolute Gasteiger partial charge is 0.197 e. The lowest BCUT2D eigenvalue weighted by Crippen LogP contribution is -2.31. The van der Waals surface area contributed by atoms with E-state index in [-0.39, 0.29) is 0 Å². The van der Waals surface area contributed by atoms with Crippen molar-refractivity contribution >= 4 is 52.1 Å². The van der Waals surface area contributed by atoms with Gasteiger partial charge in [-0.1, -0.05) is 11.6 Å². The number of halogens is 1. The van der Waals surface area contributed by atoms with Crippen LogP contribution in [0.1, 0.15) is 18.4 Å². The second kappa shape index (κ2) is 5.72. The Morgan fingerprint density at radius 2 is 2.15 bits per heavy atom. The number of fused-ring (bicyclic) bond motifs is 1. The monoisotopic (exact) mass is 326 g/mol. The number of nitrogens with zero attached hydrogens (tertiary/aromatic N) is 2. The first-order chi connectivity index (χ1) is 9.54. The Kier molecular flexibility index (Phi) is 4.13. The zero-order chi connectivity index (χ0) is 14.3. The SMILES string of the molecule is Cc1cc2c(c(Cl)c1SC1CCN(C)CC1)NC(=S)[N]2. The molecule has 0 unspecified atom stereocenters. The van der Waals surface area contributed by atoms with Gasteiger partial charge in [0.15, 0.2) is 5.11 Å². The van der Waals surface area contributed by atoms with E-state index in [2.05, 4.69) is 35.6 Å². The number of thiocarbonyl (C=S) groups is 1. The molecule has 0 saturated carbocycles. The lowest BCUT2D eigenvalue weighted by molar-refractivity contribution is 0.282. The number of hydrogen-bond acceptors (Lipinski definition) is 3. The lowest BCUT2D eigenvalue weighted by atomic mass is 10.1. The van der Waals surface area contributed by atoms with Crippen LogP contribution in [-0.4, -0.2) is 35.4 Å². The number of likely N-dealkylation sites (tertiary alicyclic amines) is 1. The van der Waals surface area contributed by atoms with Gasteiger partial charge in [0, 0.05) is 10.1 Å². The van der Waals surface area contributed by atoms with Crippen molar-refractivity contribution in [3.63, 3.8) is 0 Å². The highest BCUT2D eigenvalue weighted by Crippen LogP contribution is 2.45. The zero-order valence-electron chi connectivity index (χ0n) is 11.6. The molecule has 1 radical (unpaired) electrons. The van der Waals surface area contributed by atoms with E-state index >= 15 is 0 Å². The average Bonchev–Trinajstić information content (AvgIpc) is 2.77. The predicted octanol–water partition coefficient (Wildman–Crippen LogP) is 3.78. The van der Waals surface area contributed by atoms with Crippen LogP contribution < -0.4 is 10.6 Å². The number of anilines is 1. The Bertz CT molecular complexity index is 554. The Balaban J connectivity index is 1.83. The van der Waals surface area contributed by atoms with E-state index in [1.54, 1.807) is 0 Å². The molecule has 20 heavy (non-hydrogen) atoms. The van der Waals surface area contributed by atoms with Crippen LogP contribution in [0.3, 0.4) is 0 Å². The third-order valence-electron chi connectivity index (χ3n) is 3.79. The molecule has 3 nitrogen and oxygen atoms in total. The maximum atomic E-state index is 6.56. The summed E-state index contributed by atoms with van der Waals surface area (Å²) in [6.45, 7) is 4.42. The maximum absolute atomic E-state index is 6.56. The maximum Gasteiger partial charge on any atom is 0.197 e. The molecule has 2 aliphatic heterocycles. The number of benzene rings is 1. The van der Waals surface area contributed by atoms with Crippen LogP contribution in [0.15, 0.2) is 11.0 Å². The van der Waals surface area contributed by atoms with Gasteiger partial charge in [-0.2, -0.15) is 0 Å². The van der Waals surface area contributed by atoms with Crippen molar-refractivity contribution in [2.75, 3.05) is 25.5 Å². The summed E-state index contributed by atoms with van der Waals surface area (Å²) in [5.74, 6) is 0. The van der Waals surface area contributed by atoms with Crippen molar-refractivity contribution in [2.24, 2.45) is 0 Å². The molecule has 1 fully saturated rings. The molecule has 0 bridgehead atoms. The molecule has 107 valence electrons. The van der Waals surface area contributed by atoms with Crippen molar-refractivity contribution in [3.8, 4) is 0 Å². The first kappa shape index (κ1) is 14.4. The van der Waals surface area contributed by atoms with Crippen LogP contribution in [0.25, 0.3) is 0 Å². The molecular formula is C14H17ClN3S2. The first-order valence-electron chi connectivity index (χ1n) is 6.75. The largest absolute Gasteiger partial charge is 0.328 e. The van der Waals surface area contributed by atoms with Crippen LogP contribution >= 0.6 is 35.6 Å². The quantitative estimate of drug-likeness (QED) is 0.837. The summed E-state index contributed by atoms with van der Waals surface area (Å²) in [5.41, 5.74) is 2.93. The second-order valence-electron chi connectivity index (χ2n) is 5.39. The number of rotatable bonds is 2. The van der Waals surface area contributed by atoms with Crippen molar-refractivity contribution in [3.05, 3.63) is 16.7 Å². The van der Waals surface area contributed by atoms with E-state index in [4.69, 9.17) is 23.8 Å². The number of hydrogen-bond donors (Lipinski definition) is 1. The van der Waals surface area contributed by atoms with Crippen LogP contribution in [0.2, 0.25) is 5.02 Å². The summed E-state index contributed by atoms with van der Waals surface area (Å²) in [7, 11) is 2.18. The number of piperidine rings is 1. The highest BCUT2D eigenvalue weighted by atomic mass is 35.5. The molecule has 0 atom stereocenters. The summed E-state index contributed by atoms with van der Waals surface area (Å²) >= 11 is 13.6. The van der Waals surface area contributed by atoms with Gasteiger partial charge in [-0.05, 0) is 63.8 Å². The molecule has 2 heterocycles. The van der Waals surface area contributed by atoms with Gasteiger partial charge in [0.1, 0.15) is 0 Å². The van der Waals surface area contributed by atoms with E-state index in [9.17, 15) is 0 Å². The molecule has 1 aromatic carbocycles. The minimum absolute atomic E-state index is 0.503. The van der Waals surface area contributed by atoms with Gasteiger partial charge in [-0.3, -0.25) is 0 Å². The van der Waals surface area contributed by atoms with Gasteiger partial charge < -0.3 is 10.2 Å². The van der Waals surface area contributed by atoms with E-state index in [0.29, 0.717) is 10.4 Å². The lowest BCUT2D eigenvalue weighted by Gasteiger charge is -2.29. The van der Waals surface area contributed by atoms with Crippen LogP contribution in [0.4, 0.5) is 11.4 Å². The molecule has 0 aliphatic carbocycles. The summed E-state index contributed by atoms with van der Waals surface area (Å²) < 4.78 is 0. The summed E-state index contributed by atoms with van der Waals surface area (Å²) in [4.78, 5) is 3.56. The molecule has 1 saturated heterocycles. The number of aryl methyl sites for hydroxylation is 1. The molecule has 6 heteroatoms. The van der Waals surface area contributed by atoms with Gasteiger partial charge in [-0.15, -0.1) is 11.8 Å². The average molecular weight is 327 g/mol. The molecule has 3 rings (SSSR count). The Hall–Kier alpha value is -0.490. The van der Waals surface area contributed by atoms with E-state index < -0.39 is 0 Å². The van der Waals surface area contributed by atoms with Crippen LogP contribution in [0.5, 0.6) is 0 Å². The van der Waals surface area contributed by atoms with Crippen molar-refractivity contribution in [2.45, 2.75) is 29.9 Å². The van der Waals surface area contributed by atoms with Crippen molar-refractivity contribution < 1.29 is 0 Å². The normalized spacial score (nSPS) is 19.6. The van der Waals surface area contributed by atoms with E-state index in [1.807, 2.05) is 11.8 Å². The fourth-order valence-electron chi connectivity index (χ4n) is 2.61. The molecule has 1 N–H and O–H groups in total. The van der Waals surface area contributed by atoms with Crippen LogP contribution in [0, 0.1) is 6.92 Å². The first-order valence-corrected chi connectivity index (χ1v) is 8.42. The minimum Gasteiger partial charge on any atom is -0.328 e. The molecule has 0 spiro atoms. The topological polar surface area (TPSA) is 29.4 Å². The summed E-state index contributed by atoms with van der Waals surface area (Å²) in [6.07, 6.45) is 2.43. The minimum atomic E-state index is 0.503. The number of nitrogens with one attached hydrogen (secondary N) is 1. The molecule has 2 aliphatic rings. The Morgan fingerprint density at radius 1 is 1.45 bits per heavy atom. The van der Waals surface area contributed by atoms with Gasteiger partial charge in [-0.25, -0.2) is 5.32 Å². The molecule has 0 aromatic heterocycles. The third-order valence-corrected chi connectivity index (χ3v) is 6.04. The predicted molar refractivity (Wildman–Crippen MR) is 90.6 cm³/mol. The molecule has 0 amide bonds. The fraction of sp³-hybridized carbons (Fsp3) is 0.500. The van der Waals surface area contributed by atoms with Gasteiger partial charge in [0.05, 0.1) is 16.4 Å². The highest BCUT2D eigenvalue weighted by molar-refractivity contribution is 8.00. The van der Waals surface area contributed by atoms with Crippen LogP contribution in [-0.2, 0) is 0 Å². The Morgan fingerprint density at radius 3 is 2.85 bits per heavy atom. The van der Waals surface area contributed by atoms with E-state index in [0.717, 1.165) is 29.5 Å². The van der Waals surface area contributed by atoms with Gasteiger partial charge in [0.25, 0.3) is 0 Å². The summed E-state index contributed by atoms with van der Waals surface area (Å²) in [5, 5.41) is 9.30. The molecule has 1 aromatic rings. The van der Waals surface area contributed by atoms with Gasteiger partial charge in [0.2, 0.25) is 0 Å². The molecular weight excluding hydrogens is 310 g/mol. The second-order valence-corrected chi connectivity index (χ2v) is 7.47.